The van der Waals surface area contributed by atoms with E-state index in [0.717, 1.165) is 6.42 Å². The Labute approximate surface area is 62.6 Å². The number of rotatable bonds is 4. The maximum Gasteiger partial charge on any atom is 0.306 e. The molecule has 0 N–H and O–H groups in total. The third-order valence-corrected chi connectivity index (χ3v) is 1.00. The molecule has 2 heteroatoms. The molecule has 0 fully saturated rings. The third kappa shape index (κ3) is 5.60. The number of esters is 1. The van der Waals surface area contributed by atoms with Gasteiger partial charge in [-0.1, -0.05) is 6.92 Å². The van der Waals surface area contributed by atoms with Crippen molar-refractivity contribution in [2.75, 3.05) is 0 Å². The molecule has 59 valence electrons. The third-order valence-electron chi connectivity index (χ3n) is 1.00. The average Bonchev–Trinajstić information content (AvgIpc) is 1.82. The van der Waals surface area contributed by atoms with E-state index in [1.165, 1.54) is 0 Å². The molecule has 0 aliphatic heterocycles. The minimum atomic E-state index is -0.104. The van der Waals surface area contributed by atoms with E-state index < -0.39 is 0 Å². The summed E-state index contributed by atoms with van der Waals surface area (Å²) in [6, 6.07) is 0. The fraction of sp³-hybridized carbons (Fsp3) is 0.750. The van der Waals surface area contributed by atoms with Crippen molar-refractivity contribution >= 4 is 5.97 Å². The van der Waals surface area contributed by atoms with Crippen molar-refractivity contribution in [3.8, 4) is 0 Å². The highest BCUT2D eigenvalue weighted by molar-refractivity contribution is 5.69. The molecule has 0 bridgehead atoms. The molecule has 0 aromatic carbocycles. The highest BCUT2D eigenvalue weighted by atomic mass is 16.5. The van der Waals surface area contributed by atoms with Gasteiger partial charge in [-0.05, 0) is 26.7 Å². The second-order valence-corrected chi connectivity index (χ2v) is 2.49. The SMILES string of the molecule is C[CH]CCC(=O)OC(C)C. The molecular weight excluding hydrogens is 128 g/mol. The Morgan fingerprint density at radius 3 is 2.60 bits per heavy atom. The monoisotopic (exact) mass is 143 g/mol. The predicted molar refractivity (Wildman–Crippen MR) is 40.4 cm³/mol. The van der Waals surface area contributed by atoms with Crippen molar-refractivity contribution in [2.45, 2.75) is 39.7 Å². The van der Waals surface area contributed by atoms with Gasteiger partial charge in [0.25, 0.3) is 0 Å². The van der Waals surface area contributed by atoms with Crippen LogP contribution >= 0.6 is 0 Å². The summed E-state index contributed by atoms with van der Waals surface area (Å²) in [5, 5.41) is 0. The molecule has 2 nitrogen and oxygen atoms in total. The van der Waals surface area contributed by atoms with Crippen LogP contribution in [-0.4, -0.2) is 12.1 Å². The van der Waals surface area contributed by atoms with Crippen molar-refractivity contribution in [3.05, 3.63) is 6.42 Å². The van der Waals surface area contributed by atoms with E-state index in [4.69, 9.17) is 4.74 Å². The van der Waals surface area contributed by atoms with Gasteiger partial charge < -0.3 is 4.74 Å². The highest BCUT2D eigenvalue weighted by Gasteiger charge is 2.02. The molecule has 0 aliphatic carbocycles. The fourth-order valence-electron chi connectivity index (χ4n) is 0.584. The van der Waals surface area contributed by atoms with E-state index in [9.17, 15) is 4.79 Å². The van der Waals surface area contributed by atoms with Gasteiger partial charge in [0, 0.05) is 6.42 Å². The van der Waals surface area contributed by atoms with Gasteiger partial charge in [0.2, 0.25) is 0 Å². The largest absolute Gasteiger partial charge is 0.463 e. The van der Waals surface area contributed by atoms with Crippen LogP contribution in [0.25, 0.3) is 0 Å². The van der Waals surface area contributed by atoms with Gasteiger partial charge in [0.15, 0.2) is 0 Å². The van der Waals surface area contributed by atoms with Crippen LogP contribution < -0.4 is 0 Å². The van der Waals surface area contributed by atoms with E-state index in [2.05, 4.69) is 0 Å². The number of hydrogen-bond acceptors (Lipinski definition) is 2. The summed E-state index contributed by atoms with van der Waals surface area (Å²) >= 11 is 0. The van der Waals surface area contributed by atoms with Crippen LogP contribution in [-0.2, 0) is 9.53 Å². The van der Waals surface area contributed by atoms with E-state index in [1.54, 1.807) is 0 Å². The molecule has 0 spiro atoms. The summed E-state index contributed by atoms with van der Waals surface area (Å²) in [6.07, 6.45) is 3.30. The van der Waals surface area contributed by atoms with Crippen LogP contribution in [0.3, 0.4) is 0 Å². The first-order chi connectivity index (χ1) is 4.66. The zero-order valence-corrected chi connectivity index (χ0v) is 6.89. The molecule has 0 aromatic heterocycles. The lowest BCUT2D eigenvalue weighted by atomic mass is 10.2. The standard InChI is InChI=1S/C8H15O2/c1-4-5-6-8(9)10-7(2)3/h4,7H,5-6H2,1-3H3. The van der Waals surface area contributed by atoms with Gasteiger partial charge in [-0.15, -0.1) is 0 Å². The minimum Gasteiger partial charge on any atom is -0.463 e. The molecule has 0 amide bonds. The van der Waals surface area contributed by atoms with Crippen LogP contribution in [0, 0.1) is 6.42 Å². The molecule has 0 unspecified atom stereocenters. The number of hydrogen-bond donors (Lipinski definition) is 0. The van der Waals surface area contributed by atoms with Crippen LogP contribution in [0.2, 0.25) is 0 Å². The van der Waals surface area contributed by atoms with Crippen molar-refractivity contribution in [1.82, 2.24) is 0 Å². The molecule has 10 heavy (non-hydrogen) atoms. The fourth-order valence-corrected chi connectivity index (χ4v) is 0.584. The Hall–Kier alpha value is -0.530. The summed E-state index contributed by atoms with van der Waals surface area (Å²) in [5.74, 6) is -0.104. The zero-order chi connectivity index (χ0) is 7.98. The van der Waals surface area contributed by atoms with Crippen molar-refractivity contribution in [2.24, 2.45) is 0 Å². The summed E-state index contributed by atoms with van der Waals surface area (Å²) in [6.45, 7) is 5.64. The zero-order valence-electron chi connectivity index (χ0n) is 6.89. The quantitative estimate of drug-likeness (QED) is 0.562. The maximum atomic E-state index is 10.8. The van der Waals surface area contributed by atoms with Gasteiger partial charge in [-0.2, -0.15) is 0 Å². The molecule has 0 aliphatic rings. The molecular formula is C8H15O2. The van der Waals surface area contributed by atoms with Crippen molar-refractivity contribution in [3.63, 3.8) is 0 Å². The lowest BCUT2D eigenvalue weighted by Gasteiger charge is -2.06. The van der Waals surface area contributed by atoms with Gasteiger partial charge in [0.05, 0.1) is 6.10 Å². The Kier molecular flexibility index (Phi) is 4.99. The Bertz CT molecular complexity index is 97.4. The lowest BCUT2D eigenvalue weighted by molar-refractivity contribution is -0.147. The van der Waals surface area contributed by atoms with Crippen LogP contribution in [0.1, 0.15) is 33.6 Å². The summed E-state index contributed by atoms with van der Waals surface area (Å²) < 4.78 is 4.89. The Morgan fingerprint density at radius 1 is 1.60 bits per heavy atom. The second-order valence-electron chi connectivity index (χ2n) is 2.49. The Morgan fingerprint density at radius 2 is 2.20 bits per heavy atom. The van der Waals surface area contributed by atoms with E-state index >= 15 is 0 Å². The number of carbonyl (C=O) groups is 1. The minimum absolute atomic E-state index is 0.0179. The summed E-state index contributed by atoms with van der Waals surface area (Å²) in [7, 11) is 0. The van der Waals surface area contributed by atoms with Crippen molar-refractivity contribution in [1.29, 1.82) is 0 Å². The van der Waals surface area contributed by atoms with Crippen LogP contribution in [0.5, 0.6) is 0 Å². The van der Waals surface area contributed by atoms with E-state index in [0.29, 0.717) is 6.42 Å². The molecule has 0 saturated heterocycles. The van der Waals surface area contributed by atoms with Gasteiger partial charge in [0.1, 0.15) is 0 Å². The Balaban J connectivity index is 3.26. The normalized spacial score (nSPS) is 10.0. The second kappa shape index (κ2) is 5.27. The molecule has 0 aromatic rings. The molecule has 0 atom stereocenters. The first-order valence-electron chi connectivity index (χ1n) is 3.64. The summed E-state index contributed by atoms with van der Waals surface area (Å²) in [4.78, 5) is 10.8. The van der Waals surface area contributed by atoms with Gasteiger partial charge in [-0.25, -0.2) is 0 Å². The first-order valence-corrected chi connectivity index (χ1v) is 3.64. The number of unbranched alkanes of at least 4 members (excludes halogenated alkanes) is 1. The van der Waals surface area contributed by atoms with Crippen molar-refractivity contribution < 1.29 is 9.53 Å². The van der Waals surface area contributed by atoms with E-state index in [-0.39, 0.29) is 12.1 Å². The summed E-state index contributed by atoms with van der Waals surface area (Å²) in [5.41, 5.74) is 0. The maximum absolute atomic E-state index is 10.8. The molecule has 0 saturated carbocycles. The number of carbonyl (C=O) groups excluding carboxylic acids is 1. The van der Waals surface area contributed by atoms with Gasteiger partial charge >= 0.3 is 5.97 Å². The van der Waals surface area contributed by atoms with Crippen LogP contribution in [0.15, 0.2) is 0 Å². The number of ether oxygens (including phenoxy) is 1. The lowest BCUT2D eigenvalue weighted by Crippen LogP contribution is -2.10. The van der Waals surface area contributed by atoms with E-state index in [1.807, 2.05) is 27.2 Å². The highest BCUT2D eigenvalue weighted by Crippen LogP contribution is 1.98. The first kappa shape index (κ1) is 9.47. The average molecular weight is 143 g/mol. The molecule has 0 heterocycles. The predicted octanol–water partition coefficient (Wildman–Crippen LogP) is 1.94. The topological polar surface area (TPSA) is 26.3 Å². The van der Waals surface area contributed by atoms with Gasteiger partial charge in [-0.3, -0.25) is 4.79 Å². The molecule has 0 rings (SSSR count). The van der Waals surface area contributed by atoms with Crippen LogP contribution in [0.4, 0.5) is 0 Å². The molecule has 1 radical (unpaired) electrons. The smallest absolute Gasteiger partial charge is 0.306 e.